The fraction of sp³-hybridized carbons (Fsp3) is 0.429. The van der Waals surface area contributed by atoms with E-state index in [2.05, 4.69) is 25.1 Å². The molecule has 1 N–H and O–H groups in total. The molecule has 0 heterocycles. The van der Waals surface area contributed by atoms with Crippen molar-refractivity contribution in [1.29, 1.82) is 0 Å². The van der Waals surface area contributed by atoms with Crippen LogP contribution in [0.15, 0.2) is 18.2 Å². The maximum Gasteiger partial charge on any atom is 0.148 e. The quantitative estimate of drug-likeness (QED) is 0.765. The van der Waals surface area contributed by atoms with Gasteiger partial charge < -0.3 is 10.1 Å². The van der Waals surface area contributed by atoms with E-state index >= 15 is 0 Å². The van der Waals surface area contributed by atoms with Gasteiger partial charge in [-0.2, -0.15) is 0 Å². The lowest BCUT2D eigenvalue weighted by Crippen LogP contribution is -2.19. The number of hydrogen-bond donors (Lipinski definition) is 1. The van der Waals surface area contributed by atoms with Crippen LogP contribution in [0.1, 0.15) is 19.4 Å². The van der Waals surface area contributed by atoms with E-state index in [1.165, 1.54) is 12.1 Å². The minimum atomic E-state index is -0.264. The van der Waals surface area contributed by atoms with Crippen LogP contribution in [0, 0.1) is 24.1 Å². The summed E-state index contributed by atoms with van der Waals surface area (Å²) in [5.74, 6) is 3.33. The molecule has 0 saturated carbocycles. The Labute approximate surface area is 102 Å². The first-order valence-electron chi connectivity index (χ1n) is 5.69. The van der Waals surface area contributed by atoms with Gasteiger partial charge in [0.05, 0.1) is 0 Å². The van der Waals surface area contributed by atoms with Crippen molar-refractivity contribution >= 4 is 0 Å². The average molecular weight is 235 g/mol. The molecule has 0 bridgehead atoms. The van der Waals surface area contributed by atoms with Crippen molar-refractivity contribution in [3.05, 3.63) is 29.6 Å². The van der Waals surface area contributed by atoms with Gasteiger partial charge in [0.1, 0.15) is 18.2 Å². The molecule has 0 radical (unpaired) electrons. The van der Waals surface area contributed by atoms with Crippen LogP contribution in [0.2, 0.25) is 0 Å². The smallest absolute Gasteiger partial charge is 0.148 e. The Hall–Kier alpha value is -1.53. The number of rotatable bonds is 6. The highest BCUT2D eigenvalue weighted by atomic mass is 19.1. The second-order valence-electron chi connectivity index (χ2n) is 4.27. The molecular weight excluding hydrogens is 217 g/mol. The molecule has 92 valence electrons. The first-order chi connectivity index (χ1) is 8.13. The largest absolute Gasteiger partial charge is 0.481 e. The zero-order valence-electron chi connectivity index (χ0n) is 10.3. The molecule has 0 aliphatic heterocycles. The Bertz CT molecular complexity index is 396. The summed E-state index contributed by atoms with van der Waals surface area (Å²) in [6, 6.07) is 4.45. The molecule has 0 unspecified atom stereocenters. The van der Waals surface area contributed by atoms with E-state index in [1.54, 1.807) is 6.07 Å². The molecule has 0 amide bonds. The summed E-state index contributed by atoms with van der Waals surface area (Å²) >= 11 is 0. The van der Waals surface area contributed by atoms with Gasteiger partial charge in [0, 0.05) is 12.1 Å². The number of terminal acetylenes is 1. The van der Waals surface area contributed by atoms with Crippen molar-refractivity contribution in [2.24, 2.45) is 5.92 Å². The molecule has 2 nitrogen and oxygen atoms in total. The normalized spacial score (nSPS) is 10.3. The fourth-order valence-corrected chi connectivity index (χ4v) is 1.44. The van der Waals surface area contributed by atoms with Crippen LogP contribution in [0.25, 0.3) is 0 Å². The van der Waals surface area contributed by atoms with Crippen molar-refractivity contribution in [2.45, 2.75) is 20.4 Å². The topological polar surface area (TPSA) is 21.3 Å². The van der Waals surface area contributed by atoms with Crippen LogP contribution >= 0.6 is 0 Å². The molecular formula is C14H18FNO. The lowest BCUT2D eigenvalue weighted by molar-refractivity contribution is 0.363. The van der Waals surface area contributed by atoms with Gasteiger partial charge >= 0.3 is 0 Å². The van der Waals surface area contributed by atoms with Crippen molar-refractivity contribution < 1.29 is 9.13 Å². The molecule has 0 aromatic heterocycles. The highest BCUT2D eigenvalue weighted by molar-refractivity contribution is 5.34. The number of halogens is 1. The van der Waals surface area contributed by atoms with Crippen molar-refractivity contribution in [3.8, 4) is 18.1 Å². The number of nitrogens with one attached hydrogen (secondary N) is 1. The van der Waals surface area contributed by atoms with Crippen LogP contribution in [-0.4, -0.2) is 13.2 Å². The standard InChI is InChI=1S/C14H18FNO/c1-4-7-17-14-6-5-13(15)8-12(14)10-16-9-11(2)3/h1,5-6,8,11,16H,7,9-10H2,2-3H3. The fourth-order valence-electron chi connectivity index (χ4n) is 1.44. The van der Waals surface area contributed by atoms with Crippen LogP contribution < -0.4 is 10.1 Å². The van der Waals surface area contributed by atoms with E-state index in [1.807, 2.05) is 0 Å². The summed E-state index contributed by atoms with van der Waals surface area (Å²) in [4.78, 5) is 0. The third-order valence-corrected chi connectivity index (χ3v) is 2.20. The summed E-state index contributed by atoms with van der Waals surface area (Å²) in [5, 5.41) is 3.25. The van der Waals surface area contributed by atoms with Crippen LogP contribution in [0.3, 0.4) is 0 Å². The molecule has 0 aliphatic carbocycles. The molecule has 0 aliphatic rings. The lowest BCUT2D eigenvalue weighted by atomic mass is 10.1. The second kappa shape index (κ2) is 6.93. The number of ether oxygens (including phenoxy) is 1. The average Bonchev–Trinajstić information content (AvgIpc) is 2.27. The first-order valence-corrected chi connectivity index (χ1v) is 5.69. The van der Waals surface area contributed by atoms with Gasteiger partial charge in [-0.15, -0.1) is 6.42 Å². The highest BCUT2D eigenvalue weighted by Gasteiger charge is 2.05. The number of benzene rings is 1. The summed E-state index contributed by atoms with van der Waals surface area (Å²) in [6.07, 6.45) is 5.13. The predicted octanol–water partition coefficient (Wildman–Crippen LogP) is 2.58. The lowest BCUT2D eigenvalue weighted by Gasteiger charge is -2.12. The van der Waals surface area contributed by atoms with Gasteiger partial charge in [-0.05, 0) is 30.7 Å². The molecule has 3 heteroatoms. The second-order valence-corrected chi connectivity index (χ2v) is 4.27. The number of hydrogen-bond acceptors (Lipinski definition) is 2. The molecule has 1 aromatic rings. The summed E-state index contributed by atoms with van der Waals surface area (Å²) in [6.45, 7) is 5.90. The Kier molecular flexibility index (Phi) is 5.51. The van der Waals surface area contributed by atoms with Gasteiger partial charge in [0.15, 0.2) is 0 Å². The molecule has 1 rings (SSSR count). The molecule has 0 spiro atoms. The maximum absolute atomic E-state index is 13.1. The van der Waals surface area contributed by atoms with Crippen molar-refractivity contribution in [3.63, 3.8) is 0 Å². The first kappa shape index (κ1) is 13.5. The summed E-state index contributed by atoms with van der Waals surface area (Å²) in [7, 11) is 0. The monoisotopic (exact) mass is 235 g/mol. The molecule has 0 saturated heterocycles. The van der Waals surface area contributed by atoms with Crippen LogP contribution in [-0.2, 0) is 6.54 Å². The zero-order chi connectivity index (χ0) is 12.7. The molecule has 0 fully saturated rings. The van der Waals surface area contributed by atoms with E-state index in [4.69, 9.17) is 11.2 Å². The van der Waals surface area contributed by atoms with Gasteiger partial charge in [-0.1, -0.05) is 19.8 Å². The van der Waals surface area contributed by atoms with Gasteiger partial charge in [0.2, 0.25) is 0 Å². The maximum atomic E-state index is 13.1. The van der Waals surface area contributed by atoms with Crippen molar-refractivity contribution in [2.75, 3.05) is 13.2 Å². The molecule has 17 heavy (non-hydrogen) atoms. The van der Waals surface area contributed by atoms with Crippen LogP contribution in [0.4, 0.5) is 4.39 Å². The zero-order valence-corrected chi connectivity index (χ0v) is 10.3. The Balaban J connectivity index is 2.66. The van der Waals surface area contributed by atoms with Gasteiger partial charge in [-0.25, -0.2) is 4.39 Å². The van der Waals surface area contributed by atoms with E-state index in [0.717, 1.165) is 12.1 Å². The van der Waals surface area contributed by atoms with E-state index in [0.29, 0.717) is 18.2 Å². The van der Waals surface area contributed by atoms with Gasteiger partial charge in [-0.3, -0.25) is 0 Å². The minimum Gasteiger partial charge on any atom is -0.481 e. The Morgan fingerprint density at radius 3 is 2.88 bits per heavy atom. The Morgan fingerprint density at radius 2 is 2.24 bits per heavy atom. The van der Waals surface area contributed by atoms with Gasteiger partial charge in [0.25, 0.3) is 0 Å². The summed E-state index contributed by atoms with van der Waals surface area (Å²) in [5.41, 5.74) is 0.793. The summed E-state index contributed by atoms with van der Waals surface area (Å²) < 4.78 is 18.5. The highest BCUT2D eigenvalue weighted by Crippen LogP contribution is 2.19. The molecule has 0 atom stereocenters. The SMILES string of the molecule is C#CCOc1ccc(F)cc1CNCC(C)C. The molecule has 1 aromatic carbocycles. The minimum absolute atomic E-state index is 0.197. The van der Waals surface area contributed by atoms with Crippen LogP contribution in [0.5, 0.6) is 5.75 Å². The third kappa shape index (κ3) is 4.88. The van der Waals surface area contributed by atoms with Crippen molar-refractivity contribution in [1.82, 2.24) is 5.32 Å². The third-order valence-electron chi connectivity index (χ3n) is 2.20. The van der Waals surface area contributed by atoms with E-state index in [9.17, 15) is 4.39 Å². The van der Waals surface area contributed by atoms with E-state index in [-0.39, 0.29) is 12.4 Å². The Morgan fingerprint density at radius 1 is 1.47 bits per heavy atom. The van der Waals surface area contributed by atoms with E-state index < -0.39 is 0 Å². The predicted molar refractivity (Wildman–Crippen MR) is 67.3 cm³/mol.